The second-order valence-electron chi connectivity index (χ2n) is 5.93. The highest BCUT2D eigenvalue weighted by Crippen LogP contribution is 2.25. The molecule has 0 aliphatic carbocycles. The van der Waals surface area contributed by atoms with E-state index in [1.165, 1.54) is 6.08 Å². The molecular formula is C19H15N3O4. The van der Waals surface area contributed by atoms with Gasteiger partial charge in [-0.25, -0.2) is 0 Å². The van der Waals surface area contributed by atoms with Crippen LogP contribution in [-0.4, -0.2) is 40.0 Å². The Bertz CT molecular complexity index is 1150. The molecule has 0 saturated heterocycles. The fraction of sp³-hybridized carbons (Fsp3) is 0.105. The van der Waals surface area contributed by atoms with E-state index in [0.717, 1.165) is 4.90 Å². The van der Waals surface area contributed by atoms with Crippen LogP contribution in [0.1, 0.15) is 0 Å². The summed E-state index contributed by atoms with van der Waals surface area (Å²) in [7, 11) is 0. The van der Waals surface area contributed by atoms with Gasteiger partial charge in [0.25, 0.3) is 11.8 Å². The summed E-state index contributed by atoms with van der Waals surface area (Å²) in [4.78, 5) is 41.1. The van der Waals surface area contributed by atoms with E-state index in [2.05, 4.69) is 10.3 Å². The fourth-order valence-electron chi connectivity index (χ4n) is 3.11. The molecule has 130 valence electrons. The Morgan fingerprint density at radius 1 is 1.00 bits per heavy atom. The highest BCUT2D eigenvalue weighted by atomic mass is 16.3. The van der Waals surface area contributed by atoms with Gasteiger partial charge in [-0.3, -0.25) is 19.3 Å². The fourth-order valence-corrected chi connectivity index (χ4v) is 3.11. The second kappa shape index (κ2) is 6.12. The third kappa shape index (κ3) is 2.46. The molecule has 3 aromatic rings. The number of aliphatic hydroxyl groups is 1. The summed E-state index contributed by atoms with van der Waals surface area (Å²) in [6, 6.07) is 12.3. The predicted octanol–water partition coefficient (Wildman–Crippen LogP) is 1.34. The summed E-state index contributed by atoms with van der Waals surface area (Å²) in [5.41, 5.74) is 1.75. The first-order chi connectivity index (χ1) is 12.6. The van der Waals surface area contributed by atoms with Crippen LogP contribution in [0.25, 0.3) is 21.8 Å². The maximum absolute atomic E-state index is 12.7. The predicted molar refractivity (Wildman–Crippen MR) is 97.6 cm³/mol. The van der Waals surface area contributed by atoms with E-state index >= 15 is 0 Å². The Morgan fingerprint density at radius 2 is 1.77 bits per heavy atom. The Morgan fingerprint density at radius 3 is 2.58 bits per heavy atom. The molecule has 0 saturated carbocycles. The van der Waals surface area contributed by atoms with Gasteiger partial charge in [0.2, 0.25) is 0 Å². The molecule has 0 fully saturated rings. The molecule has 7 nitrogen and oxygen atoms in total. The number of benzene rings is 2. The number of fused-ring (bicyclic) bond motifs is 2. The number of carbonyl (C=O) groups is 2. The second-order valence-corrected chi connectivity index (χ2v) is 5.93. The number of hydrogen-bond acceptors (Lipinski definition) is 5. The Labute approximate surface area is 147 Å². The normalized spacial score (nSPS) is 14.3. The summed E-state index contributed by atoms with van der Waals surface area (Å²) in [6.45, 7) is -0.359. The molecular weight excluding hydrogens is 334 g/mol. The third-order valence-corrected chi connectivity index (χ3v) is 4.34. The zero-order valence-corrected chi connectivity index (χ0v) is 13.7. The molecule has 0 bridgehead atoms. The monoisotopic (exact) mass is 349 g/mol. The van der Waals surface area contributed by atoms with E-state index in [-0.39, 0.29) is 24.3 Å². The van der Waals surface area contributed by atoms with Crippen LogP contribution >= 0.6 is 0 Å². The molecule has 1 aliphatic rings. The van der Waals surface area contributed by atoms with Gasteiger partial charge in [0.05, 0.1) is 24.4 Å². The van der Waals surface area contributed by atoms with Crippen molar-refractivity contribution >= 4 is 39.3 Å². The number of hydrogen-bond donors (Lipinski definition) is 3. The molecule has 0 unspecified atom stereocenters. The van der Waals surface area contributed by atoms with Crippen molar-refractivity contribution in [2.75, 3.05) is 18.5 Å². The van der Waals surface area contributed by atoms with Crippen molar-refractivity contribution in [2.45, 2.75) is 0 Å². The van der Waals surface area contributed by atoms with E-state index in [9.17, 15) is 14.4 Å². The lowest BCUT2D eigenvalue weighted by Gasteiger charge is -2.14. The van der Waals surface area contributed by atoms with Gasteiger partial charge < -0.3 is 15.4 Å². The number of β-amino-alcohol motifs (C(OH)–C–C–N with tert-alkyl or cyclic N) is 1. The van der Waals surface area contributed by atoms with Crippen LogP contribution in [0.5, 0.6) is 0 Å². The van der Waals surface area contributed by atoms with Gasteiger partial charge in [0, 0.05) is 22.4 Å². The lowest BCUT2D eigenvalue weighted by molar-refractivity contribution is -0.137. The number of aromatic nitrogens is 1. The maximum atomic E-state index is 12.7. The molecule has 2 aromatic carbocycles. The van der Waals surface area contributed by atoms with Crippen LogP contribution in [0.4, 0.5) is 5.69 Å². The third-order valence-electron chi connectivity index (χ3n) is 4.34. The maximum Gasteiger partial charge on any atom is 0.277 e. The standard InChI is InChI=1S/C19H15N3O4/c23-9-8-22-16(24)10-15(19(22)26)20-14-7-3-5-12-17(14)21-13-6-2-1-4-11(13)18(12)25/h1-7,10,20,23H,8-9H2,(H,21,25). The molecule has 4 rings (SSSR count). The highest BCUT2D eigenvalue weighted by molar-refractivity contribution is 6.18. The van der Waals surface area contributed by atoms with E-state index in [1.807, 2.05) is 6.07 Å². The number of nitrogens with one attached hydrogen (secondary N) is 2. The van der Waals surface area contributed by atoms with Gasteiger partial charge in [0.1, 0.15) is 5.70 Å². The average Bonchev–Trinajstić information content (AvgIpc) is 2.90. The number of carbonyl (C=O) groups excluding carboxylic acids is 2. The lowest BCUT2D eigenvalue weighted by Crippen LogP contribution is -2.34. The van der Waals surface area contributed by atoms with Crippen LogP contribution in [0.15, 0.2) is 59.0 Å². The number of aliphatic hydroxyl groups excluding tert-OH is 1. The Kier molecular flexibility index (Phi) is 3.78. The van der Waals surface area contributed by atoms with E-state index in [0.29, 0.717) is 27.5 Å². The number of anilines is 1. The molecule has 3 N–H and O–H groups in total. The highest BCUT2D eigenvalue weighted by Gasteiger charge is 2.30. The van der Waals surface area contributed by atoms with E-state index < -0.39 is 11.8 Å². The largest absolute Gasteiger partial charge is 0.395 e. The Balaban J connectivity index is 1.81. The number of imide groups is 1. The summed E-state index contributed by atoms with van der Waals surface area (Å²) >= 11 is 0. The smallest absolute Gasteiger partial charge is 0.277 e. The van der Waals surface area contributed by atoms with Crippen molar-refractivity contribution in [1.82, 2.24) is 9.88 Å². The topological polar surface area (TPSA) is 102 Å². The van der Waals surface area contributed by atoms with Crippen LogP contribution in [0.3, 0.4) is 0 Å². The van der Waals surface area contributed by atoms with E-state index in [4.69, 9.17) is 5.11 Å². The minimum atomic E-state index is -0.510. The summed E-state index contributed by atoms with van der Waals surface area (Å²) in [5, 5.41) is 13.0. The molecule has 0 atom stereocenters. The first-order valence-corrected chi connectivity index (χ1v) is 8.09. The van der Waals surface area contributed by atoms with Crippen molar-refractivity contribution in [3.8, 4) is 0 Å². The molecule has 0 spiro atoms. The SMILES string of the molecule is O=C1C=C(Nc2cccc3c(=O)c4ccccc4[nH]c23)C(=O)N1CCO. The summed E-state index contributed by atoms with van der Waals surface area (Å²) in [6.07, 6.45) is 1.19. The van der Waals surface area contributed by atoms with Crippen molar-refractivity contribution in [3.63, 3.8) is 0 Å². The van der Waals surface area contributed by atoms with Gasteiger partial charge in [-0.05, 0) is 24.3 Å². The van der Waals surface area contributed by atoms with Crippen molar-refractivity contribution in [3.05, 3.63) is 64.5 Å². The molecule has 0 radical (unpaired) electrons. The molecule has 2 amide bonds. The number of nitrogens with zero attached hydrogens (tertiary/aromatic N) is 1. The van der Waals surface area contributed by atoms with Gasteiger partial charge in [0.15, 0.2) is 5.43 Å². The van der Waals surface area contributed by atoms with Crippen molar-refractivity contribution < 1.29 is 14.7 Å². The summed E-state index contributed by atoms with van der Waals surface area (Å²) in [5.74, 6) is -0.991. The summed E-state index contributed by atoms with van der Waals surface area (Å²) < 4.78 is 0. The molecule has 2 heterocycles. The zero-order chi connectivity index (χ0) is 18.3. The minimum absolute atomic E-state index is 0.0592. The number of H-pyrrole nitrogens is 1. The van der Waals surface area contributed by atoms with Gasteiger partial charge >= 0.3 is 0 Å². The Hall–Kier alpha value is -3.45. The zero-order valence-electron chi connectivity index (χ0n) is 13.7. The first kappa shape index (κ1) is 16.0. The molecule has 26 heavy (non-hydrogen) atoms. The van der Waals surface area contributed by atoms with Crippen LogP contribution in [0.2, 0.25) is 0 Å². The quantitative estimate of drug-likeness (QED) is 0.487. The van der Waals surface area contributed by atoms with E-state index in [1.54, 1.807) is 36.4 Å². The molecule has 1 aliphatic heterocycles. The molecule has 7 heteroatoms. The molecule has 1 aromatic heterocycles. The number of amides is 2. The first-order valence-electron chi connectivity index (χ1n) is 8.09. The van der Waals surface area contributed by atoms with Crippen molar-refractivity contribution in [2.24, 2.45) is 0 Å². The van der Waals surface area contributed by atoms with Gasteiger partial charge in [-0.2, -0.15) is 0 Å². The van der Waals surface area contributed by atoms with Gasteiger partial charge in [-0.1, -0.05) is 18.2 Å². The van der Waals surface area contributed by atoms with Crippen LogP contribution in [-0.2, 0) is 9.59 Å². The number of pyridine rings is 1. The van der Waals surface area contributed by atoms with Crippen LogP contribution < -0.4 is 10.7 Å². The minimum Gasteiger partial charge on any atom is -0.395 e. The van der Waals surface area contributed by atoms with Crippen LogP contribution in [0, 0.1) is 0 Å². The van der Waals surface area contributed by atoms with Gasteiger partial charge in [-0.15, -0.1) is 0 Å². The lowest BCUT2D eigenvalue weighted by atomic mass is 10.1. The number of aromatic amines is 1. The average molecular weight is 349 g/mol. The van der Waals surface area contributed by atoms with Crippen molar-refractivity contribution in [1.29, 1.82) is 0 Å². The number of para-hydroxylation sites is 2. The number of rotatable bonds is 4.